The summed E-state index contributed by atoms with van der Waals surface area (Å²) < 4.78 is 11.3. The highest BCUT2D eigenvalue weighted by molar-refractivity contribution is 5.98. The Hall–Kier alpha value is -3.93. The Kier molecular flexibility index (Phi) is 11.3. The summed E-state index contributed by atoms with van der Waals surface area (Å²) in [6, 6.07) is 18.9. The van der Waals surface area contributed by atoms with Gasteiger partial charge in [0.25, 0.3) is 5.91 Å². The van der Waals surface area contributed by atoms with Crippen LogP contribution in [-0.4, -0.2) is 30.3 Å². The van der Waals surface area contributed by atoms with Crippen LogP contribution in [0, 0.1) is 13.8 Å². The maximum absolute atomic E-state index is 12.8. The number of aryl methyl sites for hydroxylation is 2. The molecule has 0 aromatic heterocycles. The van der Waals surface area contributed by atoms with Crippen LogP contribution in [0.15, 0.2) is 66.7 Å². The molecule has 3 aromatic rings. The molecule has 0 radical (unpaired) electrons. The molecule has 0 saturated heterocycles. The zero-order valence-electron chi connectivity index (χ0n) is 23.4. The maximum atomic E-state index is 12.8. The quantitative estimate of drug-likeness (QED) is 0.141. The Bertz CT molecular complexity index is 1250. The van der Waals surface area contributed by atoms with Crippen molar-refractivity contribution in [3.63, 3.8) is 0 Å². The first-order chi connectivity index (χ1) is 18.8. The largest absolute Gasteiger partial charge is 0.494 e. The monoisotopic (exact) mass is 529 g/mol. The third-order valence-electron chi connectivity index (χ3n) is 6.61. The predicted octanol–water partition coefficient (Wildman–Crippen LogP) is 6.80. The number of nitrogens with one attached hydrogen (secondary N) is 1. The average Bonchev–Trinajstić information content (AvgIpc) is 2.92. The van der Waals surface area contributed by atoms with Gasteiger partial charge in [-0.3, -0.25) is 9.59 Å². The van der Waals surface area contributed by atoms with Gasteiger partial charge in [-0.25, -0.2) is 4.79 Å². The topological polar surface area (TPSA) is 81.7 Å². The zero-order valence-corrected chi connectivity index (χ0v) is 23.4. The van der Waals surface area contributed by atoms with Crippen molar-refractivity contribution in [1.29, 1.82) is 0 Å². The average molecular weight is 530 g/mol. The second-order valence-corrected chi connectivity index (χ2v) is 9.98. The number of benzene rings is 3. The molecule has 1 N–H and O–H groups in total. The Morgan fingerprint density at radius 2 is 1.49 bits per heavy atom. The molecule has 0 bridgehead atoms. The van der Waals surface area contributed by atoms with Gasteiger partial charge in [-0.2, -0.15) is 0 Å². The summed E-state index contributed by atoms with van der Waals surface area (Å²) in [5, 5.41) is 2.86. The van der Waals surface area contributed by atoms with E-state index in [2.05, 4.69) is 12.2 Å². The highest BCUT2D eigenvalue weighted by Crippen LogP contribution is 2.18. The van der Waals surface area contributed by atoms with Crippen molar-refractivity contribution in [3.05, 3.63) is 94.5 Å². The molecule has 39 heavy (non-hydrogen) atoms. The van der Waals surface area contributed by atoms with Gasteiger partial charge in [0.1, 0.15) is 11.5 Å². The van der Waals surface area contributed by atoms with Gasteiger partial charge in [0.2, 0.25) is 0 Å². The lowest BCUT2D eigenvalue weighted by atomic mass is 10.0. The Morgan fingerprint density at radius 1 is 0.821 bits per heavy atom. The first kappa shape index (κ1) is 29.6. The summed E-state index contributed by atoms with van der Waals surface area (Å²) in [5.74, 6) is 0.265. The van der Waals surface area contributed by atoms with Gasteiger partial charge in [0.15, 0.2) is 5.78 Å². The summed E-state index contributed by atoms with van der Waals surface area (Å²) in [4.78, 5) is 37.7. The van der Waals surface area contributed by atoms with Crippen LogP contribution in [0.3, 0.4) is 0 Å². The molecule has 0 spiro atoms. The molecule has 0 aliphatic rings. The predicted molar refractivity (Wildman–Crippen MR) is 154 cm³/mol. The van der Waals surface area contributed by atoms with Crippen LogP contribution in [0.4, 0.5) is 0 Å². The van der Waals surface area contributed by atoms with Crippen LogP contribution in [0.25, 0.3) is 0 Å². The summed E-state index contributed by atoms with van der Waals surface area (Å²) >= 11 is 0. The molecule has 6 heteroatoms. The third kappa shape index (κ3) is 9.40. The fourth-order valence-electron chi connectivity index (χ4n) is 4.19. The maximum Gasteiger partial charge on any atom is 0.343 e. The van der Waals surface area contributed by atoms with Gasteiger partial charge < -0.3 is 14.8 Å². The van der Waals surface area contributed by atoms with E-state index in [1.807, 2.05) is 32.0 Å². The lowest BCUT2D eigenvalue weighted by Gasteiger charge is -2.17. The SMILES string of the molecule is CCCCCCCOc1ccc(C(=O)Oc2ccc(C[C@H](NC(=O)c3cc(C)ccc3C)C(C)=O)cc2)cc1. The second-order valence-electron chi connectivity index (χ2n) is 9.98. The van der Waals surface area contributed by atoms with E-state index < -0.39 is 12.0 Å². The molecule has 3 rings (SSSR count). The van der Waals surface area contributed by atoms with Crippen molar-refractivity contribution in [1.82, 2.24) is 5.32 Å². The number of unbranched alkanes of at least 4 members (excludes halogenated alkanes) is 4. The van der Waals surface area contributed by atoms with E-state index in [9.17, 15) is 14.4 Å². The number of hydrogen-bond donors (Lipinski definition) is 1. The van der Waals surface area contributed by atoms with Crippen LogP contribution in [-0.2, 0) is 11.2 Å². The molecule has 1 amide bonds. The highest BCUT2D eigenvalue weighted by Gasteiger charge is 2.20. The van der Waals surface area contributed by atoms with E-state index >= 15 is 0 Å². The first-order valence-electron chi connectivity index (χ1n) is 13.7. The Balaban J connectivity index is 1.52. The van der Waals surface area contributed by atoms with Crippen LogP contribution < -0.4 is 14.8 Å². The number of amides is 1. The van der Waals surface area contributed by atoms with E-state index in [0.717, 1.165) is 35.3 Å². The van der Waals surface area contributed by atoms with Crippen molar-refractivity contribution < 1.29 is 23.9 Å². The fourth-order valence-corrected chi connectivity index (χ4v) is 4.19. The highest BCUT2D eigenvalue weighted by atomic mass is 16.5. The van der Waals surface area contributed by atoms with Crippen LogP contribution in [0.5, 0.6) is 11.5 Å². The molecular weight excluding hydrogens is 490 g/mol. The number of carbonyl (C=O) groups excluding carboxylic acids is 3. The first-order valence-corrected chi connectivity index (χ1v) is 13.7. The van der Waals surface area contributed by atoms with Crippen molar-refractivity contribution in [2.24, 2.45) is 0 Å². The van der Waals surface area contributed by atoms with Crippen molar-refractivity contribution in [2.75, 3.05) is 6.61 Å². The van der Waals surface area contributed by atoms with Crippen molar-refractivity contribution in [3.8, 4) is 11.5 Å². The molecule has 0 aliphatic heterocycles. The number of ether oxygens (including phenoxy) is 2. The van der Waals surface area contributed by atoms with E-state index in [0.29, 0.717) is 29.9 Å². The molecule has 3 aromatic carbocycles. The normalized spacial score (nSPS) is 11.5. The van der Waals surface area contributed by atoms with E-state index in [-0.39, 0.29) is 11.7 Å². The van der Waals surface area contributed by atoms with E-state index in [1.165, 1.54) is 26.2 Å². The minimum Gasteiger partial charge on any atom is -0.494 e. The smallest absolute Gasteiger partial charge is 0.343 e. The molecular formula is C33H39NO5. The number of ketones is 1. The fraction of sp³-hybridized carbons (Fsp3) is 0.364. The number of carbonyl (C=O) groups is 3. The number of Topliss-reactive ketones (excluding diaryl/α,β-unsaturated/α-hetero) is 1. The molecule has 0 aliphatic carbocycles. The minimum absolute atomic E-state index is 0.131. The van der Waals surface area contributed by atoms with E-state index in [4.69, 9.17) is 9.47 Å². The Morgan fingerprint density at radius 3 is 2.15 bits per heavy atom. The van der Waals surface area contributed by atoms with Gasteiger partial charge in [0.05, 0.1) is 18.2 Å². The van der Waals surface area contributed by atoms with E-state index in [1.54, 1.807) is 48.5 Å². The zero-order chi connectivity index (χ0) is 28.2. The summed E-state index contributed by atoms with van der Waals surface area (Å²) in [6.45, 7) is 8.12. The minimum atomic E-state index is -0.664. The van der Waals surface area contributed by atoms with Gasteiger partial charge in [-0.15, -0.1) is 0 Å². The standard InChI is InChI=1S/C33H39NO5/c1-5-6-7-8-9-20-38-28-18-14-27(15-19-28)33(37)39-29-16-12-26(13-17-29)22-31(25(4)35)34-32(36)30-21-23(2)10-11-24(30)3/h10-19,21,31H,5-9,20,22H2,1-4H3,(H,34,36)/t31-/m0/s1. The van der Waals surface area contributed by atoms with Gasteiger partial charge in [-0.05, 0) is 87.2 Å². The van der Waals surface area contributed by atoms with Crippen molar-refractivity contribution >= 4 is 17.7 Å². The molecule has 0 unspecified atom stereocenters. The molecule has 0 saturated carbocycles. The lowest BCUT2D eigenvalue weighted by molar-refractivity contribution is -0.118. The molecule has 1 atom stereocenters. The number of rotatable bonds is 14. The van der Waals surface area contributed by atoms with Crippen LogP contribution >= 0.6 is 0 Å². The number of hydrogen-bond acceptors (Lipinski definition) is 5. The third-order valence-corrected chi connectivity index (χ3v) is 6.61. The molecule has 206 valence electrons. The second kappa shape index (κ2) is 14.9. The summed E-state index contributed by atoms with van der Waals surface area (Å²) in [6.07, 6.45) is 6.22. The van der Waals surface area contributed by atoms with Crippen molar-refractivity contribution in [2.45, 2.75) is 72.3 Å². The lowest BCUT2D eigenvalue weighted by Crippen LogP contribution is -2.41. The molecule has 0 fully saturated rings. The van der Waals surface area contributed by atoms with Gasteiger partial charge in [-0.1, -0.05) is 62.4 Å². The van der Waals surface area contributed by atoms with Crippen LogP contribution in [0.1, 0.15) is 83.4 Å². The Labute approximate surface area is 231 Å². The summed E-state index contributed by atoms with van der Waals surface area (Å²) in [5.41, 5.74) is 3.66. The van der Waals surface area contributed by atoms with Gasteiger partial charge >= 0.3 is 5.97 Å². The number of esters is 1. The van der Waals surface area contributed by atoms with Gasteiger partial charge in [0, 0.05) is 5.56 Å². The van der Waals surface area contributed by atoms with Crippen LogP contribution in [0.2, 0.25) is 0 Å². The summed E-state index contributed by atoms with van der Waals surface area (Å²) in [7, 11) is 0. The molecule has 0 heterocycles. The molecule has 6 nitrogen and oxygen atoms in total.